The summed E-state index contributed by atoms with van der Waals surface area (Å²) in [5.74, 6) is -1.06. The van der Waals surface area contributed by atoms with Crippen LogP contribution in [-0.4, -0.2) is 52.0 Å². The maximum Gasteiger partial charge on any atom is 0.323 e. The Hall–Kier alpha value is -1.88. The van der Waals surface area contributed by atoms with Crippen LogP contribution in [0.3, 0.4) is 0 Å². The second-order valence-corrected chi connectivity index (χ2v) is 6.28. The molecule has 1 N–H and O–H groups in total. The van der Waals surface area contributed by atoms with E-state index in [-0.39, 0.29) is 24.5 Å². The molecule has 1 amide bonds. The summed E-state index contributed by atoms with van der Waals surface area (Å²) in [6.07, 6.45) is 1.67. The summed E-state index contributed by atoms with van der Waals surface area (Å²) >= 11 is 0. The Balaban J connectivity index is 2.10. The lowest BCUT2D eigenvalue weighted by Gasteiger charge is -2.37. The number of fused-ring (bicyclic) bond motifs is 1. The fraction of sp³-hybridized carbons (Fsp3) is 0.556. The van der Waals surface area contributed by atoms with Crippen molar-refractivity contribution in [2.75, 3.05) is 13.1 Å². The molecule has 0 aromatic heterocycles. The van der Waals surface area contributed by atoms with Gasteiger partial charge < -0.3 is 10.0 Å². The summed E-state index contributed by atoms with van der Waals surface area (Å²) < 4.78 is 0. The standard InChI is InChI=1S/C18H26N2O3/c1-4-13(2)20(12-17(21)22)18(23)14(3)19-10-9-15-7-5-6-8-16(15)11-19/h5-8,13-14H,4,9-12H2,1-3H3,(H,21,22)/t13-,14-/m0/s1. The molecule has 1 aromatic rings. The maximum atomic E-state index is 12.8. The highest BCUT2D eigenvalue weighted by molar-refractivity contribution is 5.85. The van der Waals surface area contributed by atoms with E-state index in [0.29, 0.717) is 0 Å². The third kappa shape index (κ3) is 4.10. The Kier molecular flexibility index (Phi) is 5.77. The average molecular weight is 318 g/mol. The third-order valence-corrected chi connectivity index (χ3v) is 4.78. The van der Waals surface area contributed by atoms with Crippen molar-refractivity contribution in [1.29, 1.82) is 0 Å². The summed E-state index contributed by atoms with van der Waals surface area (Å²) in [5, 5.41) is 9.09. The molecule has 1 aliphatic rings. The van der Waals surface area contributed by atoms with E-state index in [1.54, 1.807) is 0 Å². The van der Waals surface area contributed by atoms with Gasteiger partial charge in [0.1, 0.15) is 6.54 Å². The second kappa shape index (κ2) is 7.59. The molecule has 1 aliphatic heterocycles. The number of hydrogen-bond acceptors (Lipinski definition) is 3. The van der Waals surface area contributed by atoms with Gasteiger partial charge >= 0.3 is 5.97 Å². The third-order valence-electron chi connectivity index (χ3n) is 4.78. The summed E-state index contributed by atoms with van der Waals surface area (Å²) in [7, 11) is 0. The zero-order valence-electron chi connectivity index (χ0n) is 14.2. The molecular formula is C18H26N2O3. The first-order valence-corrected chi connectivity index (χ1v) is 8.27. The molecule has 2 rings (SSSR count). The lowest BCUT2D eigenvalue weighted by molar-refractivity contribution is -0.148. The quantitative estimate of drug-likeness (QED) is 0.873. The van der Waals surface area contributed by atoms with Crippen molar-refractivity contribution in [3.05, 3.63) is 35.4 Å². The van der Waals surface area contributed by atoms with Crippen molar-refractivity contribution in [1.82, 2.24) is 9.80 Å². The van der Waals surface area contributed by atoms with E-state index in [1.165, 1.54) is 16.0 Å². The van der Waals surface area contributed by atoms with Crippen LogP contribution >= 0.6 is 0 Å². The van der Waals surface area contributed by atoms with Crippen LogP contribution in [0.25, 0.3) is 0 Å². The van der Waals surface area contributed by atoms with Gasteiger partial charge in [-0.2, -0.15) is 0 Å². The van der Waals surface area contributed by atoms with Gasteiger partial charge in [-0.05, 0) is 37.8 Å². The first-order valence-electron chi connectivity index (χ1n) is 8.27. The monoisotopic (exact) mass is 318 g/mol. The number of hydrogen-bond donors (Lipinski definition) is 1. The van der Waals surface area contributed by atoms with Crippen LogP contribution < -0.4 is 0 Å². The molecule has 5 nitrogen and oxygen atoms in total. The molecule has 126 valence electrons. The fourth-order valence-corrected chi connectivity index (χ4v) is 3.06. The van der Waals surface area contributed by atoms with Gasteiger partial charge in [-0.15, -0.1) is 0 Å². The maximum absolute atomic E-state index is 12.8. The van der Waals surface area contributed by atoms with Gasteiger partial charge in [0, 0.05) is 19.1 Å². The first-order chi connectivity index (χ1) is 10.9. The molecule has 0 fully saturated rings. The number of carbonyl (C=O) groups is 2. The van der Waals surface area contributed by atoms with E-state index in [4.69, 9.17) is 5.11 Å². The van der Waals surface area contributed by atoms with Crippen LogP contribution in [0.1, 0.15) is 38.3 Å². The number of rotatable bonds is 6. The number of aliphatic carboxylic acids is 1. The minimum Gasteiger partial charge on any atom is -0.480 e. The Morgan fingerprint density at radius 2 is 1.91 bits per heavy atom. The van der Waals surface area contributed by atoms with Crippen molar-refractivity contribution >= 4 is 11.9 Å². The molecule has 5 heteroatoms. The van der Waals surface area contributed by atoms with E-state index in [2.05, 4.69) is 17.0 Å². The van der Waals surface area contributed by atoms with E-state index < -0.39 is 5.97 Å². The number of carboxylic acids is 1. The van der Waals surface area contributed by atoms with Gasteiger partial charge in [-0.3, -0.25) is 14.5 Å². The molecule has 1 heterocycles. The number of nitrogens with zero attached hydrogens (tertiary/aromatic N) is 2. The Morgan fingerprint density at radius 3 is 2.52 bits per heavy atom. The van der Waals surface area contributed by atoms with Crippen LogP contribution in [0.15, 0.2) is 24.3 Å². The molecule has 0 radical (unpaired) electrons. The van der Waals surface area contributed by atoms with E-state index in [0.717, 1.165) is 25.9 Å². The van der Waals surface area contributed by atoms with Crippen molar-refractivity contribution in [2.45, 2.75) is 52.2 Å². The summed E-state index contributed by atoms with van der Waals surface area (Å²) in [5.41, 5.74) is 2.60. The molecule has 0 saturated heterocycles. The largest absolute Gasteiger partial charge is 0.480 e. The number of amides is 1. The Morgan fingerprint density at radius 1 is 1.26 bits per heavy atom. The number of carbonyl (C=O) groups excluding carboxylic acids is 1. The van der Waals surface area contributed by atoms with Gasteiger partial charge in [0.15, 0.2) is 0 Å². The van der Waals surface area contributed by atoms with Gasteiger partial charge in [0.2, 0.25) is 5.91 Å². The molecule has 23 heavy (non-hydrogen) atoms. The minimum atomic E-state index is -0.963. The fourth-order valence-electron chi connectivity index (χ4n) is 3.06. The second-order valence-electron chi connectivity index (χ2n) is 6.28. The number of benzene rings is 1. The van der Waals surface area contributed by atoms with Gasteiger partial charge in [-0.25, -0.2) is 0 Å². The van der Waals surface area contributed by atoms with Crippen LogP contribution in [0.2, 0.25) is 0 Å². The summed E-state index contributed by atoms with van der Waals surface area (Å²) in [6, 6.07) is 7.91. The molecule has 0 aliphatic carbocycles. The van der Waals surface area contributed by atoms with E-state index in [1.807, 2.05) is 32.9 Å². The van der Waals surface area contributed by atoms with Crippen molar-refractivity contribution < 1.29 is 14.7 Å². The SMILES string of the molecule is CC[C@H](C)N(CC(=O)O)C(=O)[C@H](C)N1CCc2ccccc2C1. The number of carboxylic acid groups (broad SMARTS) is 1. The van der Waals surface area contributed by atoms with Crippen molar-refractivity contribution in [2.24, 2.45) is 0 Å². The highest BCUT2D eigenvalue weighted by Crippen LogP contribution is 2.21. The van der Waals surface area contributed by atoms with Crippen molar-refractivity contribution in [3.63, 3.8) is 0 Å². The average Bonchev–Trinajstić information content (AvgIpc) is 2.57. The minimum absolute atomic E-state index is 0.0712. The van der Waals surface area contributed by atoms with E-state index >= 15 is 0 Å². The summed E-state index contributed by atoms with van der Waals surface area (Å²) in [6.45, 7) is 7.08. The molecule has 0 bridgehead atoms. The molecular weight excluding hydrogens is 292 g/mol. The lowest BCUT2D eigenvalue weighted by atomic mass is 9.98. The van der Waals surface area contributed by atoms with Gasteiger partial charge in [0.25, 0.3) is 0 Å². The topological polar surface area (TPSA) is 60.9 Å². The van der Waals surface area contributed by atoms with Gasteiger partial charge in [-0.1, -0.05) is 31.2 Å². The Bertz CT molecular complexity index is 573. The van der Waals surface area contributed by atoms with E-state index in [9.17, 15) is 9.59 Å². The molecule has 0 spiro atoms. The predicted molar refractivity (Wildman–Crippen MR) is 89.1 cm³/mol. The van der Waals surface area contributed by atoms with Crippen LogP contribution in [0.5, 0.6) is 0 Å². The molecule has 0 saturated carbocycles. The van der Waals surface area contributed by atoms with Crippen LogP contribution in [0.4, 0.5) is 0 Å². The smallest absolute Gasteiger partial charge is 0.323 e. The predicted octanol–water partition coefficient (Wildman–Crippen LogP) is 2.14. The van der Waals surface area contributed by atoms with Crippen LogP contribution in [-0.2, 0) is 22.6 Å². The highest BCUT2D eigenvalue weighted by Gasteiger charge is 2.31. The molecule has 0 unspecified atom stereocenters. The normalized spacial score (nSPS) is 17.2. The first kappa shape index (κ1) is 17.5. The molecule has 1 aromatic carbocycles. The van der Waals surface area contributed by atoms with Crippen molar-refractivity contribution in [3.8, 4) is 0 Å². The highest BCUT2D eigenvalue weighted by atomic mass is 16.4. The summed E-state index contributed by atoms with van der Waals surface area (Å²) in [4.78, 5) is 27.5. The lowest BCUT2D eigenvalue weighted by Crippen LogP contribution is -2.52. The zero-order valence-corrected chi connectivity index (χ0v) is 14.2. The van der Waals surface area contributed by atoms with Crippen LogP contribution in [0, 0.1) is 0 Å². The zero-order chi connectivity index (χ0) is 17.0. The van der Waals surface area contributed by atoms with Gasteiger partial charge in [0.05, 0.1) is 6.04 Å². The Labute approximate surface area is 137 Å². The molecule has 2 atom stereocenters.